The van der Waals surface area contributed by atoms with E-state index in [9.17, 15) is 29.4 Å². The van der Waals surface area contributed by atoms with E-state index < -0.39 is 0 Å². The summed E-state index contributed by atoms with van der Waals surface area (Å²) in [7, 11) is 0. The minimum Gasteiger partial charge on any atom is -0.392 e. The number of benzene rings is 6. The van der Waals surface area contributed by atoms with Crippen LogP contribution in [0.2, 0.25) is 5.02 Å². The molecular weight excluding hydrogens is 1220 g/mol. The Labute approximate surface area is 522 Å². The molecule has 22 heteroatoms. The number of hydrogen-bond donors (Lipinski definition) is 6. The van der Waals surface area contributed by atoms with E-state index in [-0.39, 0.29) is 35.5 Å². The molecule has 16 aromatic rings. The molecule has 6 aromatic carbocycles. The van der Waals surface area contributed by atoms with E-state index in [0.29, 0.717) is 49.0 Å². The maximum absolute atomic E-state index is 12.6. The Balaban J connectivity index is 0.000000110. The van der Waals surface area contributed by atoms with Gasteiger partial charge in [0, 0.05) is 67.7 Å². The molecule has 20 nitrogen and oxygen atoms in total. The molecule has 16 rings (SSSR count). The van der Waals surface area contributed by atoms with E-state index in [4.69, 9.17) is 11.6 Å². The van der Waals surface area contributed by atoms with Gasteiger partial charge in [0.15, 0.2) is 0 Å². The lowest BCUT2D eigenvalue weighted by molar-refractivity contribution is 0.277. The molecule has 10 heterocycles. The van der Waals surface area contributed by atoms with Crippen molar-refractivity contribution < 1.29 is 10.2 Å². The fourth-order valence-electron chi connectivity index (χ4n) is 10.6. The molecule has 0 saturated heterocycles. The average Bonchev–Trinajstić information content (AvgIpc) is 1.66. The van der Waals surface area contributed by atoms with Gasteiger partial charge in [0.25, 0.3) is 22.2 Å². The van der Waals surface area contributed by atoms with E-state index in [1.54, 1.807) is 58.7 Å². The van der Waals surface area contributed by atoms with Gasteiger partial charge in [0.2, 0.25) is 0 Å². The summed E-state index contributed by atoms with van der Waals surface area (Å²) in [4.78, 5) is 76.2. The highest BCUT2D eigenvalue weighted by molar-refractivity contribution is 9.10. The van der Waals surface area contributed by atoms with Crippen LogP contribution < -0.4 is 22.2 Å². The first-order chi connectivity index (χ1) is 43.6. The molecule has 444 valence electrons. The number of rotatable bonds is 6. The highest BCUT2D eigenvalue weighted by Crippen LogP contribution is 2.28. The number of hydrogen-bond acceptors (Lipinski definition) is 12. The number of nitrogens with one attached hydrogen (secondary N) is 4. The Morgan fingerprint density at radius 1 is 0.389 bits per heavy atom. The predicted molar refractivity (Wildman–Crippen MR) is 356 cm³/mol. The molecule has 0 saturated carbocycles. The zero-order chi connectivity index (χ0) is 62.5. The van der Waals surface area contributed by atoms with Crippen LogP contribution in [0.15, 0.2) is 206 Å². The number of aromatic nitrogens is 14. The molecule has 0 aliphatic rings. The molecule has 0 amide bonds. The summed E-state index contributed by atoms with van der Waals surface area (Å²) >= 11 is 9.52. The fourth-order valence-corrected chi connectivity index (χ4v) is 11.1. The SMILES string of the molecule is Cc1ccc(-n2[nH]c3c(cnc4cc(Br)ccc43)c2=O)cc1.Cc1ccc(-n2[nH]c3c(cnc4cc(CO)ccc43)c2=O)cn1.Cc1ccc(-n2[nH]c3c(cnc4cc(CO)ncc43)c2=O)cc1.Cc1cccc(-n2[nH]c3c(cnc4ccc(Cl)cc43)c2=O)c1. The number of halogens is 2. The van der Waals surface area contributed by atoms with Crippen molar-refractivity contribution in [1.82, 2.24) is 69.0 Å². The van der Waals surface area contributed by atoms with Crippen LogP contribution in [0.4, 0.5) is 0 Å². The number of H-pyrrole nitrogens is 4. The molecule has 6 N–H and O–H groups in total. The predicted octanol–water partition coefficient (Wildman–Crippen LogP) is 11.9. The lowest BCUT2D eigenvalue weighted by atomic mass is 10.1. The number of aryl methyl sites for hydroxylation is 4. The highest BCUT2D eigenvalue weighted by Gasteiger charge is 2.17. The first kappa shape index (κ1) is 58.1. The van der Waals surface area contributed by atoms with E-state index in [1.807, 2.05) is 161 Å². The Kier molecular flexibility index (Phi) is 15.5. The zero-order valence-electron chi connectivity index (χ0n) is 48.5. The van der Waals surface area contributed by atoms with Crippen LogP contribution in [0, 0.1) is 27.7 Å². The highest BCUT2D eigenvalue weighted by atomic mass is 79.9. The lowest BCUT2D eigenvalue weighted by Gasteiger charge is -2.02. The second kappa shape index (κ2) is 24.0. The van der Waals surface area contributed by atoms with Gasteiger partial charge in [0.1, 0.15) is 0 Å². The van der Waals surface area contributed by atoms with Crippen LogP contribution in [0.3, 0.4) is 0 Å². The third-order valence-corrected chi connectivity index (χ3v) is 16.1. The molecule has 0 spiro atoms. The maximum Gasteiger partial charge on any atom is 0.280 e. The topological polar surface area (TPSA) is 269 Å². The first-order valence-electron chi connectivity index (χ1n) is 28.3. The van der Waals surface area contributed by atoms with Crippen molar-refractivity contribution >= 4 is 115 Å². The number of aliphatic hydroxyl groups excluding tert-OH is 2. The van der Waals surface area contributed by atoms with Gasteiger partial charge < -0.3 is 10.2 Å². The number of nitrogens with zero attached hydrogens (tertiary/aromatic N) is 10. The average molecular weight is 1280 g/mol. The first-order valence-corrected chi connectivity index (χ1v) is 29.4. The van der Waals surface area contributed by atoms with E-state index in [2.05, 4.69) is 66.2 Å². The summed E-state index contributed by atoms with van der Waals surface area (Å²) in [6.07, 6.45) is 9.65. The van der Waals surface area contributed by atoms with Crippen molar-refractivity contribution in [1.29, 1.82) is 0 Å². The minimum absolute atomic E-state index is 0.0395. The van der Waals surface area contributed by atoms with Crippen LogP contribution >= 0.6 is 27.5 Å². The summed E-state index contributed by atoms with van der Waals surface area (Å²) < 4.78 is 7.04. The van der Waals surface area contributed by atoms with Crippen molar-refractivity contribution in [3.63, 3.8) is 0 Å². The number of aliphatic hydroxyl groups is 2. The third-order valence-electron chi connectivity index (χ3n) is 15.4. The standard InChI is InChI=1S/C17H12BrN3O.C17H12ClN3O.2C17H14N4O2/c1-10-2-5-12(6-3-10)21-17(22)14-9-19-15-8-11(18)4-7-13(15)16(14)20-21;1-10-3-2-4-12(7-10)21-17(22)14-9-19-15-6-5-11(18)8-13(15)16(14)20-21;1-10-2-4-12(7-18-10)21-17(23)14-8-19-15-6-11(9-22)3-5-13(15)16(14)20-21;1-10-2-4-12(5-3-10)21-17(23)14-8-19-15-6-11(9-22)18-7-13(15)16(14)20-21/h2*2-9,20H,1H3;2*2-8,20,22H,9H2,1H3. The number of aromatic amines is 4. The maximum atomic E-state index is 12.6. The summed E-state index contributed by atoms with van der Waals surface area (Å²) in [5.74, 6) is 0. The van der Waals surface area contributed by atoms with E-state index in [1.165, 1.54) is 9.36 Å². The Morgan fingerprint density at radius 2 is 0.867 bits per heavy atom. The largest absolute Gasteiger partial charge is 0.392 e. The summed E-state index contributed by atoms with van der Waals surface area (Å²) in [6.45, 7) is 7.73. The molecule has 0 aliphatic heterocycles. The van der Waals surface area contributed by atoms with Crippen molar-refractivity contribution in [3.05, 3.63) is 267 Å². The molecule has 0 aliphatic carbocycles. The van der Waals surface area contributed by atoms with Crippen LogP contribution in [0.1, 0.15) is 33.6 Å². The molecule has 90 heavy (non-hydrogen) atoms. The smallest absolute Gasteiger partial charge is 0.280 e. The van der Waals surface area contributed by atoms with E-state index in [0.717, 1.165) is 104 Å². The minimum atomic E-state index is -0.161. The summed E-state index contributed by atoms with van der Waals surface area (Å²) in [5, 5.41) is 37.3. The van der Waals surface area contributed by atoms with Crippen LogP contribution in [0.25, 0.3) is 110 Å². The number of fused-ring (bicyclic) bond motifs is 12. The third kappa shape index (κ3) is 11.0. The van der Waals surface area contributed by atoms with Gasteiger partial charge in [-0.25, -0.2) is 18.7 Å². The molecule has 0 bridgehead atoms. The van der Waals surface area contributed by atoms with Gasteiger partial charge in [-0.3, -0.25) is 69.5 Å². The summed E-state index contributed by atoms with van der Waals surface area (Å²) in [6, 6.07) is 45.5. The Bertz CT molecular complexity index is 5530. The van der Waals surface area contributed by atoms with Gasteiger partial charge in [0.05, 0.1) is 114 Å². The van der Waals surface area contributed by atoms with E-state index >= 15 is 0 Å². The van der Waals surface area contributed by atoms with Crippen LogP contribution in [-0.4, -0.2) is 79.2 Å². The van der Waals surface area contributed by atoms with Gasteiger partial charge in [-0.15, -0.1) is 0 Å². The molecule has 0 unspecified atom stereocenters. The van der Waals surface area contributed by atoms with Crippen LogP contribution in [-0.2, 0) is 13.2 Å². The van der Waals surface area contributed by atoms with Gasteiger partial charge in [-0.05, 0) is 136 Å². The fraction of sp³-hybridized carbons (Fsp3) is 0.0882. The van der Waals surface area contributed by atoms with Gasteiger partial charge >= 0.3 is 0 Å². The van der Waals surface area contributed by atoms with Gasteiger partial charge in [-0.1, -0.05) is 87.2 Å². The molecule has 10 aromatic heterocycles. The molecule has 0 radical (unpaired) electrons. The molecule has 0 fully saturated rings. The number of pyridine rings is 6. The Morgan fingerprint density at radius 3 is 1.40 bits per heavy atom. The van der Waals surface area contributed by atoms with Crippen LogP contribution in [0.5, 0.6) is 0 Å². The quantitative estimate of drug-likeness (QED) is 0.0907. The lowest BCUT2D eigenvalue weighted by Crippen LogP contribution is -2.14. The zero-order valence-corrected chi connectivity index (χ0v) is 50.8. The second-order valence-electron chi connectivity index (χ2n) is 21.5. The molecular formula is C68H52BrClN14O6. The van der Waals surface area contributed by atoms with Crippen molar-refractivity contribution in [3.8, 4) is 22.7 Å². The van der Waals surface area contributed by atoms with Crippen molar-refractivity contribution in [2.45, 2.75) is 40.9 Å². The monoisotopic (exact) mass is 1270 g/mol. The van der Waals surface area contributed by atoms with Crippen molar-refractivity contribution in [2.75, 3.05) is 0 Å². The van der Waals surface area contributed by atoms with Crippen molar-refractivity contribution in [2.24, 2.45) is 0 Å². The Hall–Kier alpha value is -11.0. The van der Waals surface area contributed by atoms with Gasteiger partial charge in [-0.2, -0.15) is 0 Å². The second-order valence-corrected chi connectivity index (χ2v) is 22.9. The molecule has 0 atom stereocenters. The summed E-state index contributed by atoms with van der Waals surface area (Å²) in [5.41, 5.74) is 14.2. The normalized spacial score (nSPS) is 11.4.